The number of hydrogen-bond acceptors (Lipinski definition) is 5. The highest BCUT2D eigenvalue weighted by atomic mass is 16.5. The van der Waals surface area contributed by atoms with E-state index in [0.717, 1.165) is 44.9 Å². The second-order valence-electron chi connectivity index (χ2n) is 20.7. The van der Waals surface area contributed by atoms with Gasteiger partial charge in [-0.2, -0.15) is 0 Å². The third-order valence-electron chi connectivity index (χ3n) is 14.0. The van der Waals surface area contributed by atoms with Gasteiger partial charge in [0.25, 0.3) is 0 Å². The minimum absolute atomic E-state index is 0.00648. The predicted octanol–water partition coefficient (Wildman–Crippen LogP) is 18.6. The molecule has 1 amide bonds. The first kappa shape index (κ1) is 65.3. The highest BCUT2D eigenvalue weighted by Crippen LogP contribution is 2.17. The summed E-state index contributed by atoms with van der Waals surface area (Å²) in [5, 5.41) is 23.2. The van der Waals surface area contributed by atoms with E-state index in [0.29, 0.717) is 19.4 Å². The summed E-state index contributed by atoms with van der Waals surface area (Å²) >= 11 is 0. The Bertz CT molecular complexity index is 1040. The number of aliphatic hydroxyl groups excluding tert-OH is 2. The predicted molar refractivity (Wildman–Crippen MR) is 292 cm³/mol. The van der Waals surface area contributed by atoms with Crippen molar-refractivity contribution in [3.63, 3.8) is 0 Å². The molecule has 0 aliphatic carbocycles. The molecule has 0 aliphatic rings. The summed E-state index contributed by atoms with van der Waals surface area (Å²) in [6.45, 7) is 4.91. The molecule has 0 bridgehead atoms. The van der Waals surface area contributed by atoms with Gasteiger partial charge in [-0.25, -0.2) is 0 Å². The van der Waals surface area contributed by atoms with Gasteiger partial charge in [0.1, 0.15) is 0 Å². The standard InChI is InChI=1S/C61H117NO5/c1-3-5-7-9-11-13-15-17-18-19-24-27-30-33-37-41-45-49-53-59(64)58(57-63)62-60(65)54-50-46-42-38-34-31-28-25-22-20-21-23-26-29-32-36-40-44-48-52-56-67-61(66)55-51-47-43-39-35-16-14-12-10-8-6-4-2/h20,22,49,53,58-59,63-64H,3-19,21,23-48,50-52,54-57H2,1-2H3,(H,62,65)/b22-20-,53-49+. The number of nitrogens with one attached hydrogen (secondary N) is 1. The number of aliphatic hydroxyl groups is 2. The molecule has 2 unspecified atom stereocenters. The van der Waals surface area contributed by atoms with Crippen molar-refractivity contribution < 1.29 is 24.5 Å². The second kappa shape index (κ2) is 56.9. The van der Waals surface area contributed by atoms with E-state index in [9.17, 15) is 19.8 Å². The highest BCUT2D eigenvalue weighted by Gasteiger charge is 2.18. The summed E-state index contributed by atoms with van der Waals surface area (Å²) in [5.41, 5.74) is 0. The highest BCUT2D eigenvalue weighted by molar-refractivity contribution is 5.76. The van der Waals surface area contributed by atoms with Crippen LogP contribution in [0.15, 0.2) is 24.3 Å². The van der Waals surface area contributed by atoms with Crippen molar-refractivity contribution in [3.8, 4) is 0 Å². The zero-order valence-electron chi connectivity index (χ0n) is 45.1. The number of amides is 1. The number of allylic oxidation sites excluding steroid dienone is 3. The maximum Gasteiger partial charge on any atom is 0.305 e. The van der Waals surface area contributed by atoms with Crippen molar-refractivity contribution >= 4 is 11.9 Å². The molecule has 396 valence electrons. The number of unbranched alkanes of at least 4 members (excludes halogenated alkanes) is 43. The molecule has 0 aromatic carbocycles. The number of carbonyl (C=O) groups is 2. The SMILES string of the molecule is CCCCCCCCCCCCCCCCCC/C=C/C(O)C(CO)NC(=O)CCCCCCCCC/C=C\CCCCCCCCCCCOC(=O)CCCCCCCCCCCCCC. The molecule has 0 radical (unpaired) electrons. The molecule has 0 fully saturated rings. The molecule has 0 aromatic heterocycles. The number of carbonyl (C=O) groups excluding carboxylic acids is 2. The molecule has 3 N–H and O–H groups in total. The number of hydrogen-bond donors (Lipinski definition) is 3. The fourth-order valence-electron chi connectivity index (χ4n) is 9.34. The van der Waals surface area contributed by atoms with Crippen LogP contribution in [-0.2, 0) is 14.3 Å². The van der Waals surface area contributed by atoms with Crippen LogP contribution in [0.5, 0.6) is 0 Å². The smallest absolute Gasteiger partial charge is 0.305 e. The molecule has 0 saturated carbocycles. The topological polar surface area (TPSA) is 95.9 Å². The summed E-state index contributed by atoms with van der Waals surface area (Å²) < 4.78 is 5.47. The maximum atomic E-state index is 12.5. The van der Waals surface area contributed by atoms with E-state index in [-0.39, 0.29) is 18.5 Å². The molecule has 0 spiro atoms. The van der Waals surface area contributed by atoms with Crippen LogP contribution in [0.3, 0.4) is 0 Å². The second-order valence-corrected chi connectivity index (χ2v) is 20.7. The molecular formula is C61H117NO5. The Labute approximate surface area is 418 Å². The third kappa shape index (κ3) is 53.5. The van der Waals surface area contributed by atoms with Crippen LogP contribution in [0.1, 0.15) is 328 Å². The van der Waals surface area contributed by atoms with E-state index in [2.05, 4.69) is 31.3 Å². The first-order valence-corrected chi connectivity index (χ1v) is 30.1. The minimum atomic E-state index is -0.850. The van der Waals surface area contributed by atoms with Crippen LogP contribution in [0.2, 0.25) is 0 Å². The fraction of sp³-hybridized carbons (Fsp3) is 0.902. The van der Waals surface area contributed by atoms with Crippen molar-refractivity contribution in [1.29, 1.82) is 0 Å². The zero-order chi connectivity index (χ0) is 48.6. The van der Waals surface area contributed by atoms with Gasteiger partial charge in [0, 0.05) is 12.8 Å². The summed E-state index contributed by atoms with van der Waals surface area (Å²) in [7, 11) is 0. The monoisotopic (exact) mass is 944 g/mol. The Hall–Kier alpha value is -1.66. The zero-order valence-corrected chi connectivity index (χ0v) is 45.1. The van der Waals surface area contributed by atoms with Crippen LogP contribution in [-0.4, -0.2) is 47.4 Å². The van der Waals surface area contributed by atoms with Crippen LogP contribution < -0.4 is 5.32 Å². The summed E-state index contributed by atoms with van der Waals surface area (Å²) in [4.78, 5) is 24.5. The van der Waals surface area contributed by atoms with Crippen molar-refractivity contribution in [2.24, 2.45) is 0 Å². The molecule has 6 heteroatoms. The van der Waals surface area contributed by atoms with Crippen molar-refractivity contribution in [1.82, 2.24) is 5.32 Å². The van der Waals surface area contributed by atoms with Crippen molar-refractivity contribution in [2.45, 2.75) is 341 Å². The number of rotatable bonds is 56. The van der Waals surface area contributed by atoms with Gasteiger partial charge in [0.2, 0.25) is 5.91 Å². The molecule has 0 saturated heterocycles. The van der Waals surface area contributed by atoms with E-state index in [4.69, 9.17) is 4.74 Å². The summed E-state index contributed by atoms with van der Waals surface area (Å²) in [5.74, 6) is -0.0679. The first-order valence-electron chi connectivity index (χ1n) is 30.1. The van der Waals surface area contributed by atoms with Gasteiger partial charge >= 0.3 is 5.97 Å². The van der Waals surface area contributed by atoms with E-state index < -0.39 is 12.1 Å². The van der Waals surface area contributed by atoms with Gasteiger partial charge in [0.15, 0.2) is 0 Å². The van der Waals surface area contributed by atoms with Crippen LogP contribution in [0.4, 0.5) is 0 Å². The molecular weight excluding hydrogens is 827 g/mol. The number of esters is 1. The molecule has 6 nitrogen and oxygen atoms in total. The average molecular weight is 945 g/mol. The first-order chi connectivity index (χ1) is 33.0. The molecule has 0 rings (SSSR count). The summed E-state index contributed by atoms with van der Waals surface area (Å²) in [6, 6.07) is -0.634. The van der Waals surface area contributed by atoms with Gasteiger partial charge in [-0.3, -0.25) is 9.59 Å². The largest absolute Gasteiger partial charge is 0.466 e. The Morgan fingerprint density at radius 2 is 0.701 bits per heavy atom. The van der Waals surface area contributed by atoms with E-state index in [1.54, 1.807) is 6.08 Å². The normalized spacial score (nSPS) is 12.7. The van der Waals surface area contributed by atoms with Gasteiger partial charge < -0.3 is 20.3 Å². The Kier molecular flexibility index (Phi) is 55.5. The lowest BCUT2D eigenvalue weighted by molar-refractivity contribution is -0.143. The van der Waals surface area contributed by atoms with Crippen LogP contribution in [0.25, 0.3) is 0 Å². The van der Waals surface area contributed by atoms with Crippen LogP contribution >= 0.6 is 0 Å². The van der Waals surface area contributed by atoms with Gasteiger partial charge in [-0.1, -0.05) is 282 Å². The quantitative estimate of drug-likeness (QED) is 0.0321. The molecule has 67 heavy (non-hydrogen) atoms. The fourth-order valence-corrected chi connectivity index (χ4v) is 9.34. The van der Waals surface area contributed by atoms with Gasteiger partial charge in [0.05, 0.1) is 25.4 Å². The lowest BCUT2D eigenvalue weighted by atomic mass is 10.0. The van der Waals surface area contributed by atoms with E-state index in [1.165, 1.54) is 257 Å². The van der Waals surface area contributed by atoms with E-state index in [1.807, 2.05) is 6.08 Å². The molecule has 0 aromatic rings. The van der Waals surface area contributed by atoms with Crippen molar-refractivity contribution in [3.05, 3.63) is 24.3 Å². The van der Waals surface area contributed by atoms with Crippen molar-refractivity contribution in [2.75, 3.05) is 13.2 Å². The minimum Gasteiger partial charge on any atom is -0.466 e. The maximum absolute atomic E-state index is 12.5. The van der Waals surface area contributed by atoms with Crippen LogP contribution in [0, 0.1) is 0 Å². The Morgan fingerprint density at radius 1 is 0.403 bits per heavy atom. The number of ether oxygens (including phenoxy) is 1. The Morgan fingerprint density at radius 3 is 1.06 bits per heavy atom. The van der Waals surface area contributed by atoms with E-state index >= 15 is 0 Å². The van der Waals surface area contributed by atoms with Gasteiger partial charge in [-0.15, -0.1) is 0 Å². The average Bonchev–Trinajstić information content (AvgIpc) is 3.33. The Balaban J connectivity index is 3.46. The molecule has 2 atom stereocenters. The lowest BCUT2D eigenvalue weighted by Gasteiger charge is -2.20. The molecule has 0 heterocycles. The van der Waals surface area contributed by atoms with Gasteiger partial charge in [-0.05, 0) is 57.8 Å². The third-order valence-corrected chi connectivity index (χ3v) is 14.0. The summed E-state index contributed by atoms with van der Waals surface area (Å²) in [6.07, 6.45) is 69.2. The lowest BCUT2D eigenvalue weighted by Crippen LogP contribution is -2.45. The molecule has 0 aliphatic heterocycles.